The fraction of sp³-hybridized carbons (Fsp3) is 0.714. The van der Waals surface area contributed by atoms with Crippen molar-refractivity contribution in [1.29, 1.82) is 0 Å². The predicted molar refractivity (Wildman–Crippen MR) is 97.5 cm³/mol. The summed E-state index contributed by atoms with van der Waals surface area (Å²) in [6, 6.07) is 1.71. The average molecular weight is 356 g/mol. The molecule has 0 aromatic carbocycles. The van der Waals surface area contributed by atoms with Gasteiger partial charge < -0.3 is 14.6 Å². The number of carbonyl (C=O) groups is 1. The van der Waals surface area contributed by atoms with Gasteiger partial charge in [-0.05, 0) is 73.3 Å². The normalized spacial score (nSPS) is 37.7. The molecule has 4 saturated carbocycles. The largest absolute Gasteiger partial charge is 0.390 e. The molecule has 2 heterocycles. The van der Waals surface area contributed by atoms with E-state index in [1.807, 2.05) is 11.1 Å². The third-order valence-electron chi connectivity index (χ3n) is 7.45. The number of rotatable bonds is 2. The molecule has 4 aliphatic carbocycles. The molecule has 1 aliphatic heterocycles. The van der Waals surface area contributed by atoms with Gasteiger partial charge in [-0.15, -0.1) is 0 Å². The van der Waals surface area contributed by atoms with Crippen LogP contribution in [0.4, 0.5) is 0 Å². The summed E-state index contributed by atoms with van der Waals surface area (Å²) in [6.07, 6.45) is 9.44. The van der Waals surface area contributed by atoms with Crippen molar-refractivity contribution in [3.05, 3.63) is 33.7 Å². The number of fused-ring (bicyclic) bond motifs is 1. The number of aliphatic hydroxyl groups is 1. The third kappa shape index (κ3) is 2.63. The second-order valence-corrected chi connectivity index (χ2v) is 9.70. The number of aryl methyl sites for hydroxylation is 1. The van der Waals surface area contributed by atoms with Crippen molar-refractivity contribution >= 4 is 5.91 Å². The van der Waals surface area contributed by atoms with Gasteiger partial charge in [-0.2, -0.15) is 0 Å². The van der Waals surface area contributed by atoms with E-state index in [1.165, 1.54) is 6.42 Å². The van der Waals surface area contributed by atoms with Crippen molar-refractivity contribution in [2.75, 3.05) is 6.54 Å². The Morgan fingerprint density at radius 2 is 1.96 bits per heavy atom. The molecule has 1 N–H and O–H groups in total. The number of hydrogen-bond donors (Lipinski definition) is 1. The summed E-state index contributed by atoms with van der Waals surface area (Å²) >= 11 is 0. The number of amides is 1. The first-order valence-corrected chi connectivity index (χ1v) is 10.0. The van der Waals surface area contributed by atoms with Gasteiger partial charge in [-0.3, -0.25) is 9.59 Å². The van der Waals surface area contributed by atoms with Crippen LogP contribution in [0.15, 0.2) is 17.1 Å². The number of hydrogen-bond acceptors (Lipinski definition) is 3. The van der Waals surface area contributed by atoms with Crippen LogP contribution in [-0.2, 0) is 24.8 Å². The van der Waals surface area contributed by atoms with E-state index in [2.05, 4.69) is 0 Å². The Balaban J connectivity index is 1.33. The Labute approximate surface area is 154 Å². The molecule has 0 radical (unpaired) electrons. The molecule has 4 fully saturated rings. The van der Waals surface area contributed by atoms with Crippen LogP contribution >= 0.6 is 0 Å². The summed E-state index contributed by atoms with van der Waals surface area (Å²) in [7, 11) is 1.76. The van der Waals surface area contributed by atoms with Crippen molar-refractivity contribution < 1.29 is 9.90 Å². The zero-order chi connectivity index (χ0) is 18.1. The van der Waals surface area contributed by atoms with Gasteiger partial charge in [0.1, 0.15) is 0 Å². The lowest BCUT2D eigenvalue weighted by Crippen LogP contribution is -2.56. The average Bonchev–Trinajstić information content (AvgIpc) is 2.52. The maximum Gasteiger partial charge on any atom is 0.250 e. The second kappa shape index (κ2) is 5.44. The van der Waals surface area contributed by atoms with Crippen LogP contribution in [0.3, 0.4) is 0 Å². The molecule has 0 saturated heterocycles. The van der Waals surface area contributed by atoms with E-state index in [0.29, 0.717) is 31.3 Å². The maximum absolute atomic E-state index is 13.1. The summed E-state index contributed by atoms with van der Waals surface area (Å²) in [5.74, 6) is 1.46. The summed E-state index contributed by atoms with van der Waals surface area (Å²) in [5, 5.41) is 10.9. The standard InChI is InChI=1S/C21H28N2O3/c1-22-11-17-12-23(3-2-16(17)5-18(22)24)19(25)10-20-6-14-4-15(7-20)9-21(26,8-14)13-20/h5,11,14-15,26H,2-4,6-10,12-13H2,1H3. The van der Waals surface area contributed by atoms with Crippen LogP contribution in [0.1, 0.15) is 56.1 Å². The molecule has 5 aliphatic rings. The molecule has 1 amide bonds. The van der Waals surface area contributed by atoms with Crippen molar-refractivity contribution in [2.24, 2.45) is 24.3 Å². The van der Waals surface area contributed by atoms with Crippen LogP contribution in [0.5, 0.6) is 0 Å². The topological polar surface area (TPSA) is 62.5 Å². The highest BCUT2D eigenvalue weighted by molar-refractivity contribution is 5.77. The van der Waals surface area contributed by atoms with E-state index in [0.717, 1.165) is 49.7 Å². The Hall–Kier alpha value is -1.62. The fourth-order valence-corrected chi connectivity index (χ4v) is 6.89. The highest BCUT2D eigenvalue weighted by Gasteiger charge is 2.57. The molecular weight excluding hydrogens is 328 g/mol. The predicted octanol–water partition coefficient (Wildman–Crippen LogP) is 1.99. The molecule has 140 valence electrons. The monoisotopic (exact) mass is 356 g/mol. The highest BCUT2D eigenvalue weighted by atomic mass is 16.3. The summed E-state index contributed by atoms with van der Waals surface area (Å²) in [5.41, 5.74) is 1.72. The number of carbonyl (C=O) groups excluding carboxylic acids is 1. The van der Waals surface area contributed by atoms with Crippen molar-refractivity contribution in [2.45, 2.75) is 63.5 Å². The molecular formula is C21H28N2O3. The van der Waals surface area contributed by atoms with Crippen molar-refractivity contribution in [1.82, 2.24) is 9.47 Å². The number of pyridine rings is 1. The Morgan fingerprint density at radius 1 is 1.23 bits per heavy atom. The molecule has 0 spiro atoms. The van der Waals surface area contributed by atoms with Gasteiger partial charge >= 0.3 is 0 Å². The highest BCUT2D eigenvalue weighted by Crippen LogP contribution is 2.62. The van der Waals surface area contributed by atoms with Gasteiger partial charge in [-0.1, -0.05) is 0 Å². The Bertz CT molecular complexity index is 813. The van der Waals surface area contributed by atoms with Crippen molar-refractivity contribution in [3.8, 4) is 0 Å². The lowest BCUT2D eigenvalue weighted by molar-refractivity contribution is -0.172. The molecule has 4 bridgehead atoms. The van der Waals surface area contributed by atoms with Crippen molar-refractivity contribution in [3.63, 3.8) is 0 Å². The first-order valence-electron chi connectivity index (χ1n) is 10.0. The summed E-state index contributed by atoms with van der Waals surface area (Å²) < 4.78 is 1.60. The van der Waals surface area contributed by atoms with Gasteiger partial charge in [-0.25, -0.2) is 0 Å². The Kier molecular flexibility index (Phi) is 3.46. The lowest BCUT2D eigenvalue weighted by Gasteiger charge is -2.60. The molecule has 5 heteroatoms. The van der Waals surface area contributed by atoms with Gasteiger partial charge in [0, 0.05) is 38.8 Å². The molecule has 5 nitrogen and oxygen atoms in total. The zero-order valence-electron chi connectivity index (χ0n) is 15.5. The van der Waals surface area contributed by atoms with Crippen LogP contribution in [-0.4, -0.2) is 32.6 Å². The molecule has 1 aromatic rings. The lowest BCUT2D eigenvalue weighted by atomic mass is 9.47. The summed E-state index contributed by atoms with van der Waals surface area (Å²) in [4.78, 5) is 26.9. The van der Waals surface area contributed by atoms with E-state index >= 15 is 0 Å². The first kappa shape index (κ1) is 16.5. The number of nitrogens with zero attached hydrogens (tertiary/aromatic N) is 2. The summed E-state index contributed by atoms with van der Waals surface area (Å²) in [6.45, 7) is 1.31. The zero-order valence-corrected chi connectivity index (χ0v) is 15.5. The van der Waals surface area contributed by atoms with E-state index in [9.17, 15) is 14.7 Å². The quantitative estimate of drug-likeness (QED) is 0.881. The molecule has 2 unspecified atom stereocenters. The van der Waals surface area contributed by atoms with Gasteiger partial charge in [0.2, 0.25) is 5.91 Å². The number of aromatic nitrogens is 1. The molecule has 6 rings (SSSR count). The minimum Gasteiger partial charge on any atom is -0.390 e. The smallest absolute Gasteiger partial charge is 0.250 e. The van der Waals surface area contributed by atoms with E-state index in [-0.39, 0.29) is 16.9 Å². The minimum atomic E-state index is -0.503. The molecule has 1 aromatic heterocycles. The van der Waals surface area contributed by atoms with Crippen LogP contribution in [0.25, 0.3) is 0 Å². The molecule has 26 heavy (non-hydrogen) atoms. The Morgan fingerprint density at radius 3 is 2.65 bits per heavy atom. The van der Waals surface area contributed by atoms with Gasteiger partial charge in [0.05, 0.1) is 5.60 Å². The minimum absolute atomic E-state index is 0.0188. The third-order valence-corrected chi connectivity index (χ3v) is 7.45. The van der Waals surface area contributed by atoms with E-state index < -0.39 is 5.60 Å². The SMILES string of the molecule is Cn1cc2c(cc1=O)CCN(C(=O)CC13CC4CC(CC(O)(C4)C1)C3)C2. The molecule has 2 atom stereocenters. The van der Waals surface area contributed by atoms with Gasteiger partial charge in [0.25, 0.3) is 5.56 Å². The van der Waals surface area contributed by atoms with Gasteiger partial charge in [0.15, 0.2) is 0 Å². The maximum atomic E-state index is 13.1. The second-order valence-electron chi connectivity index (χ2n) is 9.70. The van der Waals surface area contributed by atoms with E-state index in [4.69, 9.17) is 0 Å². The van der Waals surface area contributed by atoms with Crippen LogP contribution < -0.4 is 5.56 Å². The van der Waals surface area contributed by atoms with E-state index in [1.54, 1.807) is 17.7 Å². The van der Waals surface area contributed by atoms with Crippen LogP contribution in [0.2, 0.25) is 0 Å². The fourth-order valence-electron chi connectivity index (χ4n) is 6.89. The first-order chi connectivity index (χ1) is 12.3. The van der Waals surface area contributed by atoms with Crippen LogP contribution in [0, 0.1) is 17.3 Å².